The highest BCUT2D eigenvalue weighted by atomic mass is 35.5. The molecule has 1 amide bonds. The fourth-order valence-corrected chi connectivity index (χ4v) is 4.04. The third-order valence-electron chi connectivity index (χ3n) is 3.70. The molecule has 0 fully saturated rings. The molecule has 3 aromatic heterocycles. The molecule has 3 heterocycles. The molecule has 0 radical (unpaired) electrons. The molecule has 0 saturated heterocycles. The van der Waals surface area contributed by atoms with Crippen LogP contribution in [0, 0.1) is 3.95 Å². The molecule has 0 aliphatic rings. The Bertz CT molecular complexity index is 1220. The highest BCUT2D eigenvalue weighted by Crippen LogP contribution is 2.24. The second-order valence-electron chi connectivity index (χ2n) is 5.26. The summed E-state index contributed by atoms with van der Waals surface area (Å²) in [6.07, 6.45) is 1.53. The number of rotatable bonds is 3. The molecule has 6 nitrogen and oxygen atoms in total. The zero-order chi connectivity index (χ0) is 17.6. The molecule has 0 bridgehead atoms. The van der Waals surface area contributed by atoms with Gasteiger partial charge in [0.2, 0.25) is 0 Å². The lowest BCUT2D eigenvalue weighted by Gasteiger charge is -2.04. The number of benzene rings is 1. The van der Waals surface area contributed by atoms with Crippen molar-refractivity contribution in [2.75, 3.05) is 0 Å². The first-order chi connectivity index (χ1) is 12.0. The molecule has 0 saturated carbocycles. The van der Waals surface area contributed by atoms with Crippen LogP contribution in [0.3, 0.4) is 0 Å². The summed E-state index contributed by atoms with van der Waals surface area (Å²) in [7, 11) is 0. The van der Waals surface area contributed by atoms with Crippen LogP contribution in [0.25, 0.3) is 16.6 Å². The lowest BCUT2D eigenvalue weighted by molar-refractivity contribution is 0.0953. The van der Waals surface area contributed by atoms with Crippen molar-refractivity contribution in [3.05, 3.63) is 66.6 Å². The second-order valence-corrected chi connectivity index (χ2v) is 7.34. The highest BCUT2D eigenvalue weighted by molar-refractivity contribution is 7.73. The molecule has 0 unspecified atom stereocenters. The minimum atomic E-state index is -0.341. The number of fused-ring (bicyclic) bond motifs is 3. The summed E-state index contributed by atoms with van der Waals surface area (Å²) >= 11 is 12.6. The number of furan rings is 1. The molecule has 0 atom stereocenters. The van der Waals surface area contributed by atoms with Gasteiger partial charge >= 0.3 is 0 Å². The van der Waals surface area contributed by atoms with Crippen molar-refractivity contribution >= 4 is 57.6 Å². The number of halogens is 1. The summed E-state index contributed by atoms with van der Waals surface area (Å²) in [6, 6.07) is 8.43. The van der Waals surface area contributed by atoms with E-state index in [-0.39, 0.29) is 18.0 Å². The van der Waals surface area contributed by atoms with E-state index in [1.807, 2.05) is 0 Å². The topological polar surface area (TPSA) is 79.5 Å². The number of hydrogen-bond acceptors (Lipinski definition) is 5. The quantitative estimate of drug-likeness (QED) is 0.521. The standard InChI is InChI=1S/C16H10ClN3O3S2/c17-8-3-4-10-11(6-8)20-13(19-14(10)21)12(25-16(20)24)15(22)18-7-9-2-1-5-23-9/h1-6H,7H2,(H,18,22)(H,19,21). The fourth-order valence-electron chi connectivity index (χ4n) is 2.58. The van der Waals surface area contributed by atoms with Gasteiger partial charge in [0, 0.05) is 5.02 Å². The number of nitrogens with zero attached hydrogens (tertiary/aromatic N) is 1. The van der Waals surface area contributed by atoms with Gasteiger partial charge in [0.1, 0.15) is 16.3 Å². The fraction of sp³-hybridized carbons (Fsp3) is 0.0625. The Morgan fingerprint density at radius 3 is 3.00 bits per heavy atom. The molecule has 25 heavy (non-hydrogen) atoms. The first-order valence-electron chi connectivity index (χ1n) is 7.22. The molecule has 0 aliphatic carbocycles. The lowest BCUT2D eigenvalue weighted by Crippen LogP contribution is -2.22. The van der Waals surface area contributed by atoms with Gasteiger partial charge in [-0.15, -0.1) is 0 Å². The SMILES string of the molecule is O=C(NCc1ccco1)c1sc(=S)n2c1[nH]c(=O)c1ccc(Cl)cc12. The molecule has 2 N–H and O–H groups in total. The van der Waals surface area contributed by atoms with Gasteiger partial charge in [0.25, 0.3) is 11.5 Å². The van der Waals surface area contributed by atoms with Crippen LogP contribution in [0.2, 0.25) is 5.02 Å². The third-order valence-corrected chi connectivity index (χ3v) is 5.31. The number of carbonyl (C=O) groups is 1. The van der Waals surface area contributed by atoms with Crippen molar-refractivity contribution < 1.29 is 9.21 Å². The zero-order valence-electron chi connectivity index (χ0n) is 12.5. The van der Waals surface area contributed by atoms with Gasteiger partial charge in [-0.05, 0) is 42.5 Å². The van der Waals surface area contributed by atoms with Gasteiger partial charge in [-0.25, -0.2) is 0 Å². The minimum Gasteiger partial charge on any atom is -0.467 e. The Balaban J connectivity index is 1.85. The van der Waals surface area contributed by atoms with Crippen molar-refractivity contribution in [1.82, 2.24) is 14.7 Å². The maximum Gasteiger partial charge on any atom is 0.265 e. The number of amides is 1. The van der Waals surface area contributed by atoms with Gasteiger partial charge < -0.3 is 14.7 Å². The molecule has 126 valence electrons. The second kappa shape index (κ2) is 6.14. The summed E-state index contributed by atoms with van der Waals surface area (Å²) in [6.45, 7) is 0.242. The highest BCUT2D eigenvalue weighted by Gasteiger charge is 2.18. The zero-order valence-corrected chi connectivity index (χ0v) is 14.9. The summed E-state index contributed by atoms with van der Waals surface area (Å²) in [4.78, 5) is 27.9. The number of nitrogens with one attached hydrogen (secondary N) is 2. The average molecular weight is 392 g/mol. The predicted molar refractivity (Wildman–Crippen MR) is 99.1 cm³/mol. The summed E-state index contributed by atoms with van der Waals surface area (Å²) in [5.41, 5.74) is 0.615. The predicted octanol–water partition coefficient (Wildman–Crippen LogP) is 3.75. The van der Waals surface area contributed by atoms with Gasteiger partial charge in [-0.3, -0.25) is 14.0 Å². The third kappa shape index (κ3) is 2.78. The largest absolute Gasteiger partial charge is 0.467 e. The number of aromatic amines is 1. The van der Waals surface area contributed by atoms with E-state index in [9.17, 15) is 9.59 Å². The summed E-state index contributed by atoms with van der Waals surface area (Å²) in [5.74, 6) is 0.290. The van der Waals surface area contributed by atoms with Crippen LogP contribution < -0.4 is 10.9 Å². The monoisotopic (exact) mass is 391 g/mol. The number of thiazole rings is 1. The Hall–Kier alpha value is -2.42. The van der Waals surface area contributed by atoms with Crippen molar-refractivity contribution in [1.29, 1.82) is 0 Å². The molecule has 1 aromatic carbocycles. The number of hydrogen-bond donors (Lipinski definition) is 2. The van der Waals surface area contributed by atoms with E-state index >= 15 is 0 Å². The Kier molecular flexibility index (Phi) is 3.95. The first-order valence-corrected chi connectivity index (χ1v) is 8.82. The van der Waals surface area contributed by atoms with Crippen LogP contribution in [0.5, 0.6) is 0 Å². The maximum absolute atomic E-state index is 12.5. The number of aromatic nitrogens is 2. The molecular formula is C16H10ClN3O3S2. The van der Waals surface area contributed by atoms with Gasteiger partial charge in [0.15, 0.2) is 3.95 Å². The molecular weight excluding hydrogens is 382 g/mol. The van der Waals surface area contributed by atoms with Crippen LogP contribution in [0.4, 0.5) is 0 Å². The van der Waals surface area contributed by atoms with E-state index in [0.717, 1.165) is 11.3 Å². The Morgan fingerprint density at radius 1 is 1.40 bits per heavy atom. The number of H-pyrrole nitrogens is 1. The van der Waals surface area contributed by atoms with Gasteiger partial charge in [-0.2, -0.15) is 0 Å². The van der Waals surface area contributed by atoms with Crippen LogP contribution in [0.15, 0.2) is 45.8 Å². The Labute approximate surface area is 154 Å². The molecule has 0 spiro atoms. The average Bonchev–Trinajstić information content (AvgIpc) is 3.20. The lowest BCUT2D eigenvalue weighted by atomic mass is 10.2. The molecule has 0 aliphatic heterocycles. The van der Waals surface area contributed by atoms with Crippen LogP contribution >= 0.6 is 35.2 Å². The molecule has 4 aromatic rings. The smallest absolute Gasteiger partial charge is 0.265 e. The first kappa shape index (κ1) is 16.1. The van der Waals surface area contributed by atoms with E-state index in [1.54, 1.807) is 34.7 Å². The summed E-state index contributed by atoms with van der Waals surface area (Å²) in [5, 5.41) is 3.69. The van der Waals surface area contributed by atoms with Crippen molar-refractivity contribution in [3.8, 4) is 0 Å². The van der Waals surface area contributed by atoms with Crippen LogP contribution in [0.1, 0.15) is 15.4 Å². The van der Waals surface area contributed by atoms with Gasteiger partial charge in [-0.1, -0.05) is 22.9 Å². The van der Waals surface area contributed by atoms with Crippen LogP contribution in [-0.2, 0) is 6.54 Å². The molecule has 4 rings (SSSR count). The van der Waals surface area contributed by atoms with E-state index in [1.165, 1.54) is 6.26 Å². The van der Waals surface area contributed by atoms with E-state index in [4.69, 9.17) is 28.2 Å². The van der Waals surface area contributed by atoms with E-state index in [0.29, 0.717) is 36.2 Å². The van der Waals surface area contributed by atoms with E-state index < -0.39 is 0 Å². The minimum absolute atomic E-state index is 0.242. The van der Waals surface area contributed by atoms with Crippen molar-refractivity contribution in [2.45, 2.75) is 6.54 Å². The summed E-state index contributed by atoms with van der Waals surface area (Å²) < 4.78 is 7.30. The molecule has 9 heteroatoms. The van der Waals surface area contributed by atoms with Gasteiger partial charge in [0.05, 0.1) is 23.7 Å². The maximum atomic E-state index is 12.5. The van der Waals surface area contributed by atoms with Crippen LogP contribution in [-0.4, -0.2) is 15.3 Å². The van der Waals surface area contributed by atoms with E-state index in [2.05, 4.69) is 10.3 Å². The van der Waals surface area contributed by atoms with Crippen molar-refractivity contribution in [2.24, 2.45) is 0 Å². The van der Waals surface area contributed by atoms with Crippen molar-refractivity contribution in [3.63, 3.8) is 0 Å². The Morgan fingerprint density at radius 2 is 2.24 bits per heavy atom. The normalized spacial score (nSPS) is 11.2. The number of carbonyl (C=O) groups excluding carboxylic acids is 1.